The van der Waals surface area contributed by atoms with Crippen LogP contribution < -0.4 is 15.4 Å². The van der Waals surface area contributed by atoms with E-state index in [-0.39, 0.29) is 0 Å². The smallest absolute Gasteiger partial charge is 0.191 e. The van der Waals surface area contributed by atoms with Crippen LogP contribution in [0.1, 0.15) is 45.1 Å². The number of nitrogens with zero attached hydrogens (tertiary/aromatic N) is 1. The molecule has 0 amide bonds. The molecule has 1 aromatic carbocycles. The summed E-state index contributed by atoms with van der Waals surface area (Å²) < 4.78 is 11.2. The van der Waals surface area contributed by atoms with Crippen molar-refractivity contribution in [3.05, 3.63) is 29.8 Å². The fourth-order valence-corrected chi connectivity index (χ4v) is 2.32. The van der Waals surface area contributed by atoms with Crippen LogP contribution in [0, 0.1) is 0 Å². The summed E-state index contributed by atoms with van der Waals surface area (Å²) in [5.74, 6) is 2.24. The normalized spacial score (nSPS) is 11.6. The molecule has 1 rings (SSSR count). The predicted molar refractivity (Wildman–Crippen MR) is 101 cm³/mol. The molecule has 0 unspecified atom stereocenters. The van der Waals surface area contributed by atoms with Crippen molar-refractivity contribution in [3.8, 4) is 5.75 Å². The Balaban J connectivity index is 2.21. The van der Waals surface area contributed by atoms with Crippen molar-refractivity contribution in [3.63, 3.8) is 0 Å². The monoisotopic (exact) mass is 335 g/mol. The van der Waals surface area contributed by atoms with Crippen molar-refractivity contribution in [1.29, 1.82) is 0 Å². The Hall–Kier alpha value is -1.75. The van der Waals surface area contributed by atoms with Gasteiger partial charge >= 0.3 is 0 Å². The lowest BCUT2D eigenvalue weighted by molar-refractivity contribution is 0.143. The number of unbranched alkanes of at least 4 members (excludes halogenated alkanes) is 1. The predicted octanol–water partition coefficient (Wildman–Crippen LogP) is 3.17. The van der Waals surface area contributed by atoms with Gasteiger partial charge in [0.2, 0.25) is 0 Å². The molecule has 0 saturated heterocycles. The van der Waals surface area contributed by atoms with E-state index < -0.39 is 0 Å². The van der Waals surface area contributed by atoms with Gasteiger partial charge in [0.1, 0.15) is 12.4 Å². The number of rotatable bonds is 11. The van der Waals surface area contributed by atoms with Gasteiger partial charge in [-0.1, -0.05) is 32.0 Å². The van der Waals surface area contributed by atoms with E-state index in [1.807, 2.05) is 19.1 Å². The van der Waals surface area contributed by atoms with E-state index in [2.05, 4.69) is 41.6 Å². The van der Waals surface area contributed by atoms with Crippen molar-refractivity contribution < 1.29 is 9.47 Å². The topological polar surface area (TPSA) is 54.9 Å². The Morgan fingerprint density at radius 3 is 2.54 bits per heavy atom. The fourth-order valence-electron chi connectivity index (χ4n) is 2.32. The van der Waals surface area contributed by atoms with Crippen LogP contribution in [0.5, 0.6) is 5.75 Å². The van der Waals surface area contributed by atoms with Crippen LogP contribution in [0.3, 0.4) is 0 Å². The highest BCUT2D eigenvalue weighted by Crippen LogP contribution is 2.25. The van der Waals surface area contributed by atoms with Gasteiger partial charge in [-0.3, -0.25) is 4.99 Å². The van der Waals surface area contributed by atoms with Gasteiger partial charge in [0.05, 0.1) is 6.54 Å². The number of ether oxygens (including phenoxy) is 2. The van der Waals surface area contributed by atoms with Crippen molar-refractivity contribution >= 4 is 5.96 Å². The Bertz CT molecular complexity index is 475. The third-order valence-corrected chi connectivity index (χ3v) is 3.63. The third-order valence-electron chi connectivity index (χ3n) is 3.63. The van der Waals surface area contributed by atoms with Gasteiger partial charge in [-0.15, -0.1) is 0 Å². The summed E-state index contributed by atoms with van der Waals surface area (Å²) >= 11 is 0. The maximum Gasteiger partial charge on any atom is 0.191 e. The molecule has 0 aliphatic rings. The highest BCUT2D eigenvalue weighted by atomic mass is 16.5. The first-order valence-corrected chi connectivity index (χ1v) is 8.93. The minimum absolute atomic E-state index is 0.459. The average Bonchev–Trinajstić information content (AvgIpc) is 2.59. The van der Waals surface area contributed by atoms with Crippen LogP contribution in [0.15, 0.2) is 29.3 Å². The zero-order valence-corrected chi connectivity index (χ0v) is 15.6. The van der Waals surface area contributed by atoms with Crippen LogP contribution in [0.25, 0.3) is 0 Å². The lowest BCUT2D eigenvalue weighted by Gasteiger charge is -2.15. The van der Waals surface area contributed by atoms with Gasteiger partial charge in [-0.25, -0.2) is 0 Å². The number of nitrogens with one attached hydrogen (secondary N) is 2. The van der Waals surface area contributed by atoms with Crippen molar-refractivity contribution in [2.75, 3.05) is 40.0 Å². The quantitative estimate of drug-likeness (QED) is 0.370. The zero-order chi connectivity index (χ0) is 17.6. The van der Waals surface area contributed by atoms with Crippen LogP contribution in [0.2, 0.25) is 0 Å². The maximum absolute atomic E-state index is 5.90. The van der Waals surface area contributed by atoms with Crippen LogP contribution in [-0.4, -0.2) is 45.9 Å². The van der Waals surface area contributed by atoms with E-state index >= 15 is 0 Å². The molecule has 0 aromatic heterocycles. The lowest BCUT2D eigenvalue weighted by atomic mass is 10.0. The Morgan fingerprint density at radius 1 is 1.08 bits per heavy atom. The molecule has 24 heavy (non-hydrogen) atoms. The van der Waals surface area contributed by atoms with E-state index in [0.717, 1.165) is 44.3 Å². The minimum Gasteiger partial charge on any atom is -0.491 e. The van der Waals surface area contributed by atoms with Gasteiger partial charge in [0.25, 0.3) is 0 Å². The molecule has 136 valence electrons. The summed E-state index contributed by atoms with van der Waals surface area (Å²) in [5, 5.41) is 6.58. The number of hydrogen-bond donors (Lipinski definition) is 2. The molecule has 0 aliphatic carbocycles. The fraction of sp³-hybridized carbons (Fsp3) is 0.632. The summed E-state index contributed by atoms with van der Waals surface area (Å²) in [4.78, 5) is 4.22. The summed E-state index contributed by atoms with van der Waals surface area (Å²) in [6.45, 7) is 10.2. The van der Waals surface area contributed by atoms with Crippen molar-refractivity contribution in [2.24, 2.45) is 4.99 Å². The zero-order valence-electron chi connectivity index (χ0n) is 15.6. The van der Waals surface area contributed by atoms with Gasteiger partial charge in [0, 0.05) is 26.8 Å². The van der Waals surface area contributed by atoms with Crippen LogP contribution in [-0.2, 0) is 4.74 Å². The molecule has 1 aromatic rings. The molecule has 0 spiro atoms. The highest BCUT2D eigenvalue weighted by Gasteiger charge is 2.06. The number of hydrogen-bond acceptors (Lipinski definition) is 3. The van der Waals surface area contributed by atoms with Crippen molar-refractivity contribution in [1.82, 2.24) is 10.6 Å². The largest absolute Gasteiger partial charge is 0.491 e. The van der Waals surface area contributed by atoms with E-state index in [9.17, 15) is 0 Å². The molecule has 0 fully saturated rings. The molecule has 0 bridgehead atoms. The lowest BCUT2D eigenvalue weighted by Crippen LogP contribution is -2.39. The van der Waals surface area contributed by atoms with Crippen molar-refractivity contribution in [2.45, 2.75) is 39.5 Å². The summed E-state index contributed by atoms with van der Waals surface area (Å²) in [6, 6.07) is 8.21. The second-order valence-electron chi connectivity index (χ2n) is 5.87. The van der Waals surface area contributed by atoms with Crippen LogP contribution >= 0.6 is 0 Å². The second kappa shape index (κ2) is 12.6. The first-order chi connectivity index (χ1) is 11.7. The summed E-state index contributed by atoms with van der Waals surface area (Å²) in [6.07, 6.45) is 2.13. The first kappa shape index (κ1) is 20.3. The molecule has 2 N–H and O–H groups in total. The molecule has 0 heterocycles. The highest BCUT2D eigenvalue weighted by molar-refractivity contribution is 5.79. The molecular weight excluding hydrogens is 302 g/mol. The van der Waals surface area contributed by atoms with Gasteiger partial charge in [0.15, 0.2) is 5.96 Å². The Labute approximate surface area is 146 Å². The van der Waals surface area contributed by atoms with E-state index in [4.69, 9.17) is 9.47 Å². The molecule has 5 heteroatoms. The van der Waals surface area contributed by atoms with E-state index in [1.165, 1.54) is 5.56 Å². The van der Waals surface area contributed by atoms with E-state index in [1.54, 1.807) is 7.05 Å². The first-order valence-electron chi connectivity index (χ1n) is 8.93. The maximum atomic E-state index is 5.90. The molecule has 0 atom stereocenters. The number of guanidine groups is 1. The minimum atomic E-state index is 0.459. The molecular formula is C19H33N3O2. The average molecular weight is 335 g/mol. The molecule has 5 nitrogen and oxygen atoms in total. The van der Waals surface area contributed by atoms with Gasteiger partial charge in [-0.05, 0) is 37.3 Å². The van der Waals surface area contributed by atoms with Gasteiger partial charge in [-0.2, -0.15) is 0 Å². The molecule has 0 aliphatic heterocycles. The van der Waals surface area contributed by atoms with Crippen LogP contribution in [0.4, 0.5) is 0 Å². The summed E-state index contributed by atoms with van der Waals surface area (Å²) in [5.41, 5.74) is 1.24. The third kappa shape index (κ3) is 8.20. The number of benzene rings is 1. The molecule has 0 radical (unpaired) electrons. The Kier molecular flexibility index (Phi) is 10.7. The number of para-hydroxylation sites is 1. The standard InChI is InChI=1S/C19H33N3O2/c1-5-23-14-9-8-12-21-19(20-4)22-13-15-24-18-11-7-6-10-17(18)16(2)3/h6-7,10-11,16H,5,8-9,12-15H2,1-4H3,(H2,20,21,22). The van der Waals surface area contributed by atoms with Gasteiger partial charge < -0.3 is 20.1 Å². The van der Waals surface area contributed by atoms with E-state index in [0.29, 0.717) is 19.1 Å². The second-order valence-corrected chi connectivity index (χ2v) is 5.87. The molecule has 0 saturated carbocycles. The number of aliphatic imine (C=N–C) groups is 1. The summed E-state index contributed by atoms with van der Waals surface area (Å²) in [7, 11) is 1.78. The Morgan fingerprint density at radius 2 is 1.83 bits per heavy atom. The SMILES string of the molecule is CCOCCCCNC(=NC)NCCOc1ccccc1C(C)C.